The van der Waals surface area contributed by atoms with E-state index in [4.69, 9.17) is 0 Å². The number of hydrogen-bond acceptors (Lipinski definition) is 5. The molecule has 160 valence electrons. The number of carbonyl (C=O) groups is 2. The van der Waals surface area contributed by atoms with E-state index < -0.39 is 23.7 Å². The molecule has 1 spiro atoms. The van der Waals surface area contributed by atoms with Crippen LogP contribution in [0.5, 0.6) is 0 Å². The number of anilines is 2. The minimum Gasteiger partial charge on any atom is -0.374 e. The van der Waals surface area contributed by atoms with Gasteiger partial charge in [0.05, 0.1) is 5.56 Å². The normalized spacial score (nSPS) is 23.6. The average molecular weight is 421 g/mol. The van der Waals surface area contributed by atoms with Gasteiger partial charge in [0.15, 0.2) is 0 Å². The molecule has 2 aliphatic heterocycles. The first-order chi connectivity index (χ1) is 14.2. The lowest BCUT2D eigenvalue weighted by atomic mass is 9.61. The number of amides is 2. The van der Waals surface area contributed by atoms with Crippen molar-refractivity contribution in [3.05, 3.63) is 29.3 Å². The van der Waals surface area contributed by atoms with Crippen LogP contribution in [0.4, 0.5) is 24.5 Å². The molecule has 1 aliphatic carbocycles. The predicted octanol–water partition coefficient (Wildman–Crippen LogP) is 3.06. The molecule has 2 amide bonds. The molecule has 0 aromatic heterocycles. The molecule has 0 bridgehead atoms. The zero-order valence-corrected chi connectivity index (χ0v) is 16.3. The van der Waals surface area contributed by atoms with E-state index in [1.807, 2.05) is 5.94 Å². The molecule has 1 unspecified atom stereocenters. The number of hydrogen-bond donors (Lipinski definition) is 2. The lowest BCUT2D eigenvalue weighted by Gasteiger charge is -2.49. The topological polar surface area (TPSA) is 78.5 Å². The lowest BCUT2D eigenvalue weighted by molar-refractivity contribution is -0.137. The van der Waals surface area contributed by atoms with Gasteiger partial charge >= 0.3 is 6.18 Å². The Bertz CT molecular complexity index is 919. The van der Waals surface area contributed by atoms with Crippen molar-refractivity contribution in [1.82, 2.24) is 5.32 Å². The standard InChI is InChI=1S/C21H22F3N3O3/c22-21(23,24)15-9-14(25-16-2-4-18(29)26-19(16)30)1-3-17(15)27-7-5-20(6-8-27)10-13(11-20)12-28/h1,3,9,16,25H,2,4-8,10-11H2,(H,26,29,30). The largest absolute Gasteiger partial charge is 0.418 e. The number of alkyl halides is 3. The lowest BCUT2D eigenvalue weighted by Crippen LogP contribution is -2.47. The third kappa shape index (κ3) is 3.94. The third-order valence-corrected chi connectivity index (χ3v) is 6.37. The summed E-state index contributed by atoms with van der Waals surface area (Å²) in [6, 6.07) is 3.25. The monoisotopic (exact) mass is 421 g/mol. The Morgan fingerprint density at radius 2 is 1.87 bits per heavy atom. The molecule has 9 heteroatoms. The van der Waals surface area contributed by atoms with Gasteiger partial charge in [-0.3, -0.25) is 14.9 Å². The van der Waals surface area contributed by atoms with Crippen LogP contribution in [0.1, 0.15) is 44.1 Å². The summed E-state index contributed by atoms with van der Waals surface area (Å²) in [6.07, 6.45) is -1.28. The maximum Gasteiger partial charge on any atom is 0.418 e. The number of rotatable bonds is 3. The SMILES string of the molecule is O=C=C1CC2(CCN(c3ccc(NC4CCC(=O)NC4=O)cc3C(F)(F)F)CC2)C1. The highest BCUT2D eigenvalue weighted by molar-refractivity contribution is 6.01. The van der Waals surface area contributed by atoms with E-state index in [0.29, 0.717) is 25.9 Å². The van der Waals surface area contributed by atoms with Crippen LogP contribution in [0.15, 0.2) is 23.8 Å². The van der Waals surface area contributed by atoms with Gasteiger partial charge in [0.2, 0.25) is 11.8 Å². The molecule has 4 rings (SSSR count). The second-order valence-electron chi connectivity index (χ2n) is 8.42. The van der Waals surface area contributed by atoms with Crippen LogP contribution in [0, 0.1) is 5.41 Å². The molecular weight excluding hydrogens is 399 g/mol. The van der Waals surface area contributed by atoms with Crippen LogP contribution in [0.3, 0.4) is 0 Å². The molecule has 1 atom stereocenters. The van der Waals surface area contributed by atoms with Gasteiger partial charge in [-0.1, -0.05) is 0 Å². The van der Waals surface area contributed by atoms with Crippen LogP contribution < -0.4 is 15.5 Å². The molecule has 1 aromatic carbocycles. The molecule has 3 fully saturated rings. The molecule has 6 nitrogen and oxygen atoms in total. The number of nitrogens with zero attached hydrogens (tertiary/aromatic N) is 1. The number of piperidine rings is 2. The zero-order chi connectivity index (χ0) is 21.5. The van der Waals surface area contributed by atoms with Crippen molar-refractivity contribution in [2.75, 3.05) is 23.3 Å². The first-order valence-corrected chi connectivity index (χ1v) is 9.98. The Morgan fingerprint density at radius 3 is 2.47 bits per heavy atom. The first kappa shape index (κ1) is 20.5. The maximum absolute atomic E-state index is 13.8. The first-order valence-electron chi connectivity index (χ1n) is 9.98. The summed E-state index contributed by atoms with van der Waals surface area (Å²) < 4.78 is 41.4. The minimum atomic E-state index is -4.54. The van der Waals surface area contributed by atoms with Gasteiger partial charge in [0.25, 0.3) is 0 Å². The Labute approximate surface area is 171 Å². The van der Waals surface area contributed by atoms with Crippen LogP contribution in [0.25, 0.3) is 0 Å². The fourth-order valence-electron chi connectivity index (χ4n) is 4.66. The van der Waals surface area contributed by atoms with Crippen molar-refractivity contribution in [3.8, 4) is 0 Å². The van der Waals surface area contributed by atoms with Crippen molar-refractivity contribution in [2.24, 2.45) is 5.41 Å². The zero-order valence-electron chi connectivity index (χ0n) is 16.3. The summed E-state index contributed by atoms with van der Waals surface area (Å²) in [5, 5.41) is 5.00. The highest BCUT2D eigenvalue weighted by atomic mass is 19.4. The molecule has 2 saturated heterocycles. The third-order valence-electron chi connectivity index (χ3n) is 6.37. The van der Waals surface area contributed by atoms with Crippen LogP contribution in [-0.2, 0) is 20.6 Å². The second-order valence-corrected chi connectivity index (χ2v) is 8.42. The van der Waals surface area contributed by atoms with Crippen molar-refractivity contribution in [1.29, 1.82) is 0 Å². The summed E-state index contributed by atoms with van der Waals surface area (Å²) >= 11 is 0. The quantitative estimate of drug-likeness (QED) is 0.580. The molecule has 30 heavy (non-hydrogen) atoms. The van der Waals surface area contributed by atoms with Gasteiger partial charge in [-0.2, -0.15) is 13.2 Å². The summed E-state index contributed by atoms with van der Waals surface area (Å²) in [4.78, 5) is 35.6. The Hall–Kier alpha value is -2.80. The van der Waals surface area contributed by atoms with Crippen LogP contribution in [0.2, 0.25) is 0 Å². The van der Waals surface area contributed by atoms with E-state index in [2.05, 4.69) is 10.6 Å². The second kappa shape index (κ2) is 7.47. The van der Waals surface area contributed by atoms with E-state index in [9.17, 15) is 27.6 Å². The average Bonchev–Trinajstić information content (AvgIpc) is 2.68. The van der Waals surface area contributed by atoms with E-state index in [1.165, 1.54) is 12.1 Å². The number of imide groups is 1. The van der Waals surface area contributed by atoms with Crippen molar-refractivity contribution >= 4 is 29.1 Å². The van der Waals surface area contributed by atoms with Crippen molar-refractivity contribution < 1.29 is 27.6 Å². The van der Waals surface area contributed by atoms with Gasteiger partial charge in [-0.05, 0) is 55.7 Å². The Balaban J connectivity index is 1.51. The predicted molar refractivity (Wildman–Crippen MR) is 104 cm³/mol. The van der Waals surface area contributed by atoms with E-state index in [-0.39, 0.29) is 35.5 Å². The van der Waals surface area contributed by atoms with Gasteiger partial charge in [-0.15, -0.1) is 0 Å². The number of halogens is 3. The Kier molecular flexibility index (Phi) is 5.10. The molecule has 0 radical (unpaired) electrons. The molecule has 2 heterocycles. The van der Waals surface area contributed by atoms with Crippen LogP contribution in [-0.4, -0.2) is 36.9 Å². The summed E-state index contributed by atoms with van der Waals surface area (Å²) in [7, 11) is 0. The summed E-state index contributed by atoms with van der Waals surface area (Å²) in [5.74, 6) is 1.03. The minimum absolute atomic E-state index is 0.0366. The molecular formula is C21H22F3N3O3. The molecule has 3 aliphatic rings. The van der Waals surface area contributed by atoms with Gasteiger partial charge in [0, 0.05) is 36.5 Å². The number of nitrogens with one attached hydrogen (secondary N) is 2. The van der Waals surface area contributed by atoms with E-state index in [0.717, 1.165) is 24.5 Å². The molecule has 1 saturated carbocycles. The van der Waals surface area contributed by atoms with Gasteiger partial charge in [0.1, 0.15) is 12.0 Å². The Morgan fingerprint density at radius 1 is 1.17 bits per heavy atom. The van der Waals surface area contributed by atoms with E-state index in [1.54, 1.807) is 4.90 Å². The van der Waals surface area contributed by atoms with Crippen molar-refractivity contribution in [3.63, 3.8) is 0 Å². The number of carbonyl (C=O) groups excluding carboxylic acids is 3. The number of benzene rings is 1. The van der Waals surface area contributed by atoms with Gasteiger partial charge < -0.3 is 10.2 Å². The van der Waals surface area contributed by atoms with Crippen molar-refractivity contribution in [2.45, 2.75) is 50.7 Å². The van der Waals surface area contributed by atoms with Crippen LogP contribution >= 0.6 is 0 Å². The highest BCUT2D eigenvalue weighted by Crippen LogP contribution is 2.52. The number of allylic oxidation sites excluding steroid dienone is 1. The van der Waals surface area contributed by atoms with Gasteiger partial charge in [-0.25, -0.2) is 4.79 Å². The fourth-order valence-corrected chi connectivity index (χ4v) is 4.66. The fraction of sp³-hybridized carbons (Fsp3) is 0.524. The van der Waals surface area contributed by atoms with E-state index >= 15 is 0 Å². The summed E-state index contributed by atoms with van der Waals surface area (Å²) in [5.41, 5.74) is 0.362. The highest BCUT2D eigenvalue weighted by Gasteiger charge is 2.44. The maximum atomic E-state index is 13.8. The molecule has 1 aromatic rings. The molecule has 2 N–H and O–H groups in total. The smallest absolute Gasteiger partial charge is 0.374 e. The summed E-state index contributed by atoms with van der Waals surface area (Å²) in [6.45, 7) is 0.990.